The summed E-state index contributed by atoms with van der Waals surface area (Å²) in [7, 11) is 0. The summed E-state index contributed by atoms with van der Waals surface area (Å²) in [6, 6.07) is 7.96. The van der Waals surface area contributed by atoms with Crippen LogP contribution in [0.1, 0.15) is 5.56 Å². The highest BCUT2D eigenvalue weighted by atomic mass is 35.5. The third-order valence-corrected chi connectivity index (χ3v) is 4.27. The van der Waals surface area contributed by atoms with Crippen molar-refractivity contribution >= 4 is 40.4 Å². The zero-order valence-electron chi connectivity index (χ0n) is 8.65. The summed E-state index contributed by atoms with van der Waals surface area (Å²) < 4.78 is 0. The molecule has 0 atom stereocenters. The van der Waals surface area contributed by atoms with Crippen molar-refractivity contribution in [3.05, 3.63) is 45.6 Å². The van der Waals surface area contributed by atoms with Gasteiger partial charge >= 0.3 is 0 Å². The average Bonchev–Trinajstić information content (AvgIpc) is 2.76. The molecule has 4 heteroatoms. The second-order valence-electron chi connectivity index (χ2n) is 3.41. The van der Waals surface area contributed by atoms with Crippen LogP contribution in [0.4, 0.5) is 5.69 Å². The first-order valence-corrected chi connectivity index (χ1v) is 7.25. The number of hydrogen-bond donors (Lipinski definition) is 1. The highest BCUT2D eigenvalue weighted by Gasteiger charge is 2.00. The van der Waals surface area contributed by atoms with Gasteiger partial charge < -0.3 is 5.73 Å². The van der Waals surface area contributed by atoms with Crippen molar-refractivity contribution < 1.29 is 0 Å². The maximum atomic E-state index is 5.96. The van der Waals surface area contributed by atoms with E-state index in [0.717, 1.165) is 12.2 Å². The summed E-state index contributed by atoms with van der Waals surface area (Å²) in [6.45, 7) is 0. The van der Waals surface area contributed by atoms with Gasteiger partial charge in [0.05, 0.1) is 10.7 Å². The van der Waals surface area contributed by atoms with E-state index in [2.05, 4.69) is 16.8 Å². The molecule has 0 bridgehead atoms. The molecule has 0 unspecified atom stereocenters. The molecule has 1 aromatic heterocycles. The Kier molecular flexibility index (Phi) is 4.16. The molecule has 1 heterocycles. The van der Waals surface area contributed by atoms with E-state index in [1.54, 1.807) is 23.1 Å². The van der Waals surface area contributed by atoms with E-state index in [4.69, 9.17) is 17.3 Å². The van der Waals surface area contributed by atoms with Gasteiger partial charge in [-0.05, 0) is 47.0 Å². The van der Waals surface area contributed by atoms with Crippen molar-refractivity contribution in [1.82, 2.24) is 0 Å². The third-order valence-electron chi connectivity index (χ3n) is 2.21. The highest BCUT2D eigenvalue weighted by Crippen LogP contribution is 2.26. The number of benzene rings is 1. The summed E-state index contributed by atoms with van der Waals surface area (Å²) in [5.74, 6) is 1.07. The molecular formula is C12H12ClNS2. The fraction of sp³-hybridized carbons (Fsp3) is 0.167. The molecule has 0 aliphatic carbocycles. The predicted octanol–water partition coefficient (Wildman–Crippen LogP) is 4.32. The molecule has 0 aliphatic heterocycles. The van der Waals surface area contributed by atoms with E-state index in [9.17, 15) is 0 Å². The Bertz CT molecular complexity index is 454. The Morgan fingerprint density at radius 1 is 1.31 bits per heavy atom. The van der Waals surface area contributed by atoms with Crippen LogP contribution in [-0.2, 0) is 6.42 Å². The molecule has 1 aromatic carbocycles. The Morgan fingerprint density at radius 3 is 2.88 bits per heavy atom. The Balaban J connectivity index is 1.87. The summed E-state index contributed by atoms with van der Waals surface area (Å²) in [4.78, 5) is 1.18. The number of nitrogens with two attached hydrogens (primary N) is 1. The smallest absolute Gasteiger partial charge is 0.0646 e. The summed E-state index contributed by atoms with van der Waals surface area (Å²) in [5.41, 5.74) is 7.70. The topological polar surface area (TPSA) is 26.0 Å². The molecule has 2 rings (SSSR count). The van der Waals surface area contributed by atoms with Gasteiger partial charge in [-0.3, -0.25) is 0 Å². The van der Waals surface area contributed by atoms with Crippen LogP contribution in [0.25, 0.3) is 0 Å². The van der Waals surface area contributed by atoms with Gasteiger partial charge in [-0.2, -0.15) is 11.3 Å². The molecule has 84 valence electrons. The van der Waals surface area contributed by atoms with Crippen LogP contribution in [-0.4, -0.2) is 5.75 Å². The molecule has 0 fully saturated rings. The van der Waals surface area contributed by atoms with Crippen molar-refractivity contribution in [3.63, 3.8) is 0 Å². The van der Waals surface area contributed by atoms with Crippen LogP contribution >= 0.6 is 34.7 Å². The lowest BCUT2D eigenvalue weighted by molar-refractivity contribution is 1.17. The zero-order chi connectivity index (χ0) is 11.4. The van der Waals surface area contributed by atoms with Gasteiger partial charge in [0.25, 0.3) is 0 Å². The van der Waals surface area contributed by atoms with Gasteiger partial charge in [0, 0.05) is 10.6 Å². The first-order chi connectivity index (χ1) is 7.75. The van der Waals surface area contributed by atoms with Crippen LogP contribution in [0.15, 0.2) is 39.9 Å². The quantitative estimate of drug-likeness (QED) is 0.661. The Labute approximate surface area is 109 Å². The highest BCUT2D eigenvalue weighted by molar-refractivity contribution is 7.99. The number of halogens is 1. The first kappa shape index (κ1) is 11.8. The maximum Gasteiger partial charge on any atom is 0.0646 e. The molecule has 0 saturated carbocycles. The van der Waals surface area contributed by atoms with Crippen LogP contribution in [0, 0.1) is 0 Å². The molecule has 16 heavy (non-hydrogen) atoms. The van der Waals surface area contributed by atoms with E-state index < -0.39 is 0 Å². The maximum absolute atomic E-state index is 5.96. The van der Waals surface area contributed by atoms with Crippen LogP contribution < -0.4 is 5.73 Å². The second-order valence-corrected chi connectivity index (χ2v) is 5.77. The first-order valence-electron chi connectivity index (χ1n) is 4.94. The number of thiophene rings is 1. The standard InChI is InChI=1S/C12H12ClNS2/c13-11-7-10(1-2-12(11)14)16-6-4-9-3-5-15-8-9/h1-3,5,7-8H,4,6,14H2. The summed E-state index contributed by atoms with van der Waals surface area (Å²) >= 11 is 9.51. The second kappa shape index (κ2) is 5.62. The van der Waals surface area contributed by atoms with Crippen molar-refractivity contribution in [3.8, 4) is 0 Å². The number of aryl methyl sites for hydroxylation is 1. The lowest BCUT2D eigenvalue weighted by atomic mass is 10.3. The van der Waals surface area contributed by atoms with Gasteiger partial charge in [0.2, 0.25) is 0 Å². The van der Waals surface area contributed by atoms with E-state index in [1.165, 1.54) is 10.5 Å². The fourth-order valence-corrected chi connectivity index (χ4v) is 3.21. The van der Waals surface area contributed by atoms with E-state index in [-0.39, 0.29) is 0 Å². The molecule has 0 aliphatic rings. The van der Waals surface area contributed by atoms with Gasteiger partial charge in [0.1, 0.15) is 0 Å². The van der Waals surface area contributed by atoms with E-state index in [0.29, 0.717) is 10.7 Å². The Morgan fingerprint density at radius 2 is 2.19 bits per heavy atom. The number of thioether (sulfide) groups is 1. The summed E-state index contributed by atoms with van der Waals surface area (Å²) in [5, 5.41) is 4.94. The van der Waals surface area contributed by atoms with Crippen molar-refractivity contribution in [1.29, 1.82) is 0 Å². The largest absolute Gasteiger partial charge is 0.398 e. The number of hydrogen-bond acceptors (Lipinski definition) is 3. The van der Waals surface area contributed by atoms with Gasteiger partial charge in [0.15, 0.2) is 0 Å². The molecule has 0 spiro atoms. The molecule has 2 N–H and O–H groups in total. The monoisotopic (exact) mass is 269 g/mol. The molecular weight excluding hydrogens is 258 g/mol. The van der Waals surface area contributed by atoms with E-state index in [1.807, 2.05) is 18.2 Å². The predicted molar refractivity (Wildman–Crippen MR) is 74.6 cm³/mol. The van der Waals surface area contributed by atoms with Crippen LogP contribution in [0.2, 0.25) is 5.02 Å². The average molecular weight is 270 g/mol. The normalized spacial score (nSPS) is 10.6. The van der Waals surface area contributed by atoms with Gasteiger partial charge in [-0.15, -0.1) is 11.8 Å². The van der Waals surface area contributed by atoms with Crippen LogP contribution in [0.5, 0.6) is 0 Å². The third kappa shape index (κ3) is 3.17. The number of rotatable bonds is 4. The van der Waals surface area contributed by atoms with Crippen molar-refractivity contribution in [2.24, 2.45) is 0 Å². The minimum absolute atomic E-state index is 0.639. The van der Waals surface area contributed by atoms with Gasteiger partial charge in [-0.25, -0.2) is 0 Å². The molecule has 1 nitrogen and oxygen atoms in total. The minimum Gasteiger partial charge on any atom is -0.398 e. The molecule has 2 aromatic rings. The minimum atomic E-state index is 0.639. The number of anilines is 1. The van der Waals surface area contributed by atoms with Crippen molar-refractivity contribution in [2.75, 3.05) is 11.5 Å². The van der Waals surface area contributed by atoms with E-state index >= 15 is 0 Å². The SMILES string of the molecule is Nc1ccc(SCCc2ccsc2)cc1Cl. The van der Waals surface area contributed by atoms with Crippen LogP contribution in [0.3, 0.4) is 0 Å². The molecule has 0 amide bonds. The van der Waals surface area contributed by atoms with Crippen molar-refractivity contribution in [2.45, 2.75) is 11.3 Å². The Hall–Kier alpha value is -0.640. The lowest BCUT2D eigenvalue weighted by Gasteiger charge is -2.03. The molecule has 0 saturated heterocycles. The summed E-state index contributed by atoms with van der Waals surface area (Å²) in [6.07, 6.45) is 1.09. The number of nitrogen functional groups attached to an aromatic ring is 1. The molecule has 0 radical (unpaired) electrons. The lowest BCUT2D eigenvalue weighted by Crippen LogP contribution is -1.88. The fourth-order valence-electron chi connectivity index (χ4n) is 1.32. The van der Waals surface area contributed by atoms with Gasteiger partial charge in [-0.1, -0.05) is 11.6 Å². The zero-order valence-corrected chi connectivity index (χ0v) is 11.0.